The molecule has 0 amide bonds. The predicted octanol–water partition coefficient (Wildman–Crippen LogP) is 11.9. The SMILES string of the molecule is Cc1cc(-c2ccccc2)c(-n2c(-c3coc4ccc(-c5ccc6ccccc6c5)cc34)nc3ccccc32)c(-c2ccccc2)c1. The molecule has 0 saturated carbocycles. The van der Waals surface area contributed by atoms with Gasteiger partial charge in [-0.15, -0.1) is 0 Å². The van der Waals surface area contributed by atoms with Crippen molar-refractivity contribution >= 4 is 32.8 Å². The summed E-state index contributed by atoms with van der Waals surface area (Å²) in [6.07, 6.45) is 1.87. The maximum atomic E-state index is 6.25. The zero-order chi connectivity index (χ0) is 31.3. The Morgan fingerprint density at radius 3 is 1.87 bits per heavy atom. The molecule has 222 valence electrons. The van der Waals surface area contributed by atoms with Gasteiger partial charge >= 0.3 is 0 Å². The van der Waals surface area contributed by atoms with Gasteiger partial charge in [0.05, 0.1) is 22.3 Å². The molecule has 0 spiro atoms. The Hall–Kier alpha value is -6.19. The number of para-hydroxylation sites is 2. The summed E-state index contributed by atoms with van der Waals surface area (Å²) in [5, 5.41) is 3.49. The third kappa shape index (κ3) is 4.63. The average molecular weight is 603 g/mol. The van der Waals surface area contributed by atoms with E-state index in [2.05, 4.69) is 169 Å². The molecule has 0 bridgehead atoms. The Morgan fingerprint density at radius 2 is 1.13 bits per heavy atom. The maximum absolute atomic E-state index is 6.25. The number of hydrogen-bond acceptors (Lipinski definition) is 2. The first-order valence-electron chi connectivity index (χ1n) is 16.0. The van der Waals surface area contributed by atoms with Crippen LogP contribution in [0.25, 0.3) is 83.2 Å². The van der Waals surface area contributed by atoms with Crippen LogP contribution in [0.5, 0.6) is 0 Å². The molecule has 3 nitrogen and oxygen atoms in total. The molecule has 0 aliphatic heterocycles. The average Bonchev–Trinajstić information content (AvgIpc) is 3.73. The van der Waals surface area contributed by atoms with E-state index in [1.165, 1.54) is 21.9 Å². The highest BCUT2D eigenvalue weighted by Gasteiger charge is 2.24. The van der Waals surface area contributed by atoms with Crippen molar-refractivity contribution in [2.45, 2.75) is 6.92 Å². The minimum atomic E-state index is 0.832. The highest BCUT2D eigenvalue weighted by molar-refractivity contribution is 6.00. The minimum Gasteiger partial charge on any atom is -0.464 e. The monoisotopic (exact) mass is 602 g/mol. The van der Waals surface area contributed by atoms with Gasteiger partial charge in [-0.2, -0.15) is 0 Å². The van der Waals surface area contributed by atoms with Crippen molar-refractivity contribution < 1.29 is 4.42 Å². The molecule has 7 aromatic carbocycles. The Balaban J connectivity index is 1.34. The first kappa shape index (κ1) is 27.1. The van der Waals surface area contributed by atoms with E-state index in [0.29, 0.717) is 0 Å². The van der Waals surface area contributed by atoms with Gasteiger partial charge in [-0.3, -0.25) is 4.57 Å². The van der Waals surface area contributed by atoms with Gasteiger partial charge in [0, 0.05) is 16.5 Å². The Labute approximate surface area is 273 Å². The lowest BCUT2D eigenvalue weighted by molar-refractivity contribution is 0.616. The molecular weight excluding hydrogens is 572 g/mol. The van der Waals surface area contributed by atoms with Crippen molar-refractivity contribution in [2.24, 2.45) is 0 Å². The molecule has 2 aromatic heterocycles. The topological polar surface area (TPSA) is 31.0 Å². The number of nitrogens with zero attached hydrogens (tertiary/aromatic N) is 2. The van der Waals surface area contributed by atoms with Gasteiger partial charge in [-0.05, 0) is 88.0 Å². The fourth-order valence-electron chi connectivity index (χ4n) is 6.88. The summed E-state index contributed by atoms with van der Waals surface area (Å²) < 4.78 is 8.59. The number of rotatable bonds is 5. The van der Waals surface area contributed by atoms with Crippen molar-refractivity contribution in [3.05, 3.63) is 170 Å². The standard InChI is InChI=1S/C44H30N2O/c1-29-24-36(31-13-4-2-5-14-31)43(37(25-29)32-15-6-3-7-16-32)46-41-19-11-10-18-40(41)45-44(46)39-28-47-42-23-22-35(27-38(39)42)34-21-20-30-12-8-9-17-33(30)26-34/h2-28H,1H3. The van der Waals surface area contributed by atoms with Crippen molar-refractivity contribution in [3.8, 4) is 50.5 Å². The fraction of sp³-hybridized carbons (Fsp3) is 0.0227. The fourth-order valence-corrected chi connectivity index (χ4v) is 6.88. The van der Waals surface area contributed by atoms with E-state index in [1.54, 1.807) is 0 Å². The van der Waals surface area contributed by atoms with E-state index >= 15 is 0 Å². The van der Waals surface area contributed by atoms with Crippen LogP contribution in [0.1, 0.15) is 5.56 Å². The van der Waals surface area contributed by atoms with Crippen LogP contribution >= 0.6 is 0 Å². The first-order chi connectivity index (χ1) is 23.2. The van der Waals surface area contributed by atoms with Crippen molar-refractivity contribution in [3.63, 3.8) is 0 Å². The van der Waals surface area contributed by atoms with E-state index < -0.39 is 0 Å². The lowest BCUT2D eigenvalue weighted by Crippen LogP contribution is -2.03. The predicted molar refractivity (Wildman–Crippen MR) is 195 cm³/mol. The lowest BCUT2D eigenvalue weighted by Gasteiger charge is -2.20. The van der Waals surface area contributed by atoms with Crippen LogP contribution in [0.3, 0.4) is 0 Å². The van der Waals surface area contributed by atoms with E-state index in [1.807, 2.05) is 6.26 Å². The third-order valence-electron chi connectivity index (χ3n) is 9.11. The van der Waals surface area contributed by atoms with E-state index in [9.17, 15) is 0 Å². The van der Waals surface area contributed by atoms with E-state index in [0.717, 1.165) is 66.9 Å². The highest BCUT2D eigenvalue weighted by atomic mass is 16.3. The molecular formula is C44H30N2O. The molecule has 0 aliphatic carbocycles. The molecule has 0 fully saturated rings. The van der Waals surface area contributed by atoms with Gasteiger partial charge in [0.1, 0.15) is 17.7 Å². The van der Waals surface area contributed by atoms with Crippen LogP contribution < -0.4 is 0 Å². The van der Waals surface area contributed by atoms with Gasteiger partial charge in [-0.25, -0.2) is 4.98 Å². The second kappa shape index (κ2) is 11.0. The van der Waals surface area contributed by atoms with Crippen LogP contribution in [0, 0.1) is 6.92 Å². The van der Waals surface area contributed by atoms with Gasteiger partial charge < -0.3 is 4.42 Å². The molecule has 0 saturated heterocycles. The summed E-state index contributed by atoms with van der Waals surface area (Å²) >= 11 is 0. The van der Waals surface area contributed by atoms with Crippen molar-refractivity contribution in [1.82, 2.24) is 9.55 Å². The zero-order valence-corrected chi connectivity index (χ0v) is 25.9. The van der Waals surface area contributed by atoms with Crippen LogP contribution in [-0.2, 0) is 0 Å². The summed E-state index contributed by atoms with van der Waals surface area (Å²) in [5.74, 6) is 0.846. The molecule has 3 heteroatoms. The van der Waals surface area contributed by atoms with Crippen molar-refractivity contribution in [2.75, 3.05) is 0 Å². The molecule has 0 N–H and O–H groups in total. The summed E-state index contributed by atoms with van der Waals surface area (Å²) in [7, 11) is 0. The smallest absolute Gasteiger partial charge is 0.149 e. The molecule has 0 radical (unpaired) electrons. The molecule has 47 heavy (non-hydrogen) atoms. The summed E-state index contributed by atoms with van der Waals surface area (Å²) in [5.41, 5.74) is 13.0. The van der Waals surface area contributed by atoms with Gasteiger partial charge in [0.15, 0.2) is 0 Å². The van der Waals surface area contributed by atoms with Crippen molar-refractivity contribution in [1.29, 1.82) is 0 Å². The quantitative estimate of drug-likeness (QED) is 0.196. The van der Waals surface area contributed by atoms with Gasteiger partial charge in [0.2, 0.25) is 0 Å². The Kier molecular flexibility index (Phi) is 6.36. The lowest BCUT2D eigenvalue weighted by atomic mass is 9.93. The van der Waals surface area contributed by atoms with Crippen LogP contribution in [-0.4, -0.2) is 9.55 Å². The Bertz CT molecular complexity index is 2510. The highest BCUT2D eigenvalue weighted by Crippen LogP contribution is 2.43. The number of furan rings is 1. The van der Waals surface area contributed by atoms with Gasteiger partial charge in [-0.1, -0.05) is 115 Å². The molecule has 9 rings (SSSR count). The minimum absolute atomic E-state index is 0.832. The molecule has 0 atom stereocenters. The number of imidazole rings is 1. The van der Waals surface area contributed by atoms with Crippen LogP contribution in [0.4, 0.5) is 0 Å². The molecule has 0 unspecified atom stereocenters. The van der Waals surface area contributed by atoms with E-state index in [-0.39, 0.29) is 0 Å². The van der Waals surface area contributed by atoms with E-state index in [4.69, 9.17) is 9.40 Å². The largest absolute Gasteiger partial charge is 0.464 e. The summed E-state index contributed by atoms with van der Waals surface area (Å²) in [4.78, 5) is 5.32. The molecule has 2 heterocycles. The number of fused-ring (bicyclic) bond motifs is 3. The summed E-state index contributed by atoms with van der Waals surface area (Å²) in [6, 6.07) is 55.9. The number of benzene rings is 7. The molecule has 0 aliphatic rings. The second-order valence-corrected chi connectivity index (χ2v) is 12.1. The third-order valence-corrected chi connectivity index (χ3v) is 9.11. The number of aryl methyl sites for hydroxylation is 1. The van der Waals surface area contributed by atoms with Crippen LogP contribution in [0.2, 0.25) is 0 Å². The first-order valence-corrected chi connectivity index (χ1v) is 16.0. The molecule has 9 aromatic rings. The second-order valence-electron chi connectivity index (χ2n) is 12.1. The number of hydrogen-bond donors (Lipinski definition) is 0. The zero-order valence-electron chi connectivity index (χ0n) is 25.9. The normalized spacial score (nSPS) is 11.5. The van der Waals surface area contributed by atoms with Crippen LogP contribution in [0.15, 0.2) is 168 Å². The number of aromatic nitrogens is 2. The van der Waals surface area contributed by atoms with Gasteiger partial charge in [0.25, 0.3) is 0 Å². The maximum Gasteiger partial charge on any atom is 0.149 e. The Morgan fingerprint density at radius 1 is 0.511 bits per heavy atom. The summed E-state index contributed by atoms with van der Waals surface area (Å²) in [6.45, 7) is 2.17.